The van der Waals surface area contributed by atoms with E-state index in [0.29, 0.717) is 0 Å². The van der Waals surface area contributed by atoms with Crippen LogP contribution in [0.1, 0.15) is 46.0 Å². The Morgan fingerprint density at radius 2 is 1.95 bits per heavy atom. The van der Waals surface area contributed by atoms with E-state index in [2.05, 4.69) is 29.0 Å². The molecule has 2 heterocycles. The third-order valence-electron chi connectivity index (χ3n) is 4.82. The topological polar surface area (TPSA) is 51.1 Å². The van der Waals surface area contributed by atoms with Crippen molar-refractivity contribution in [3.8, 4) is 0 Å². The molecule has 22 heavy (non-hydrogen) atoms. The second-order valence-corrected chi connectivity index (χ2v) is 6.86. The number of aliphatic hydroxyl groups is 1. The summed E-state index contributed by atoms with van der Waals surface area (Å²) in [5.74, 6) is 1.89. The van der Waals surface area contributed by atoms with Crippen LogP contribution in [-0.4, -0.2) is 72.8 Å². The number of likely N-dealkylation sites (tertiary alicyclic amines) is 2. The van der Waals surface area contributed by atoms with Crippen molar-refractivity contribution in [2.45, 2.75) is 52.1 Å². The predicted octanol–water partition coefficient (Wildman–Crippen LogP) is 1.53. The molecule has 2 N–H and O–H groups in total. The molecule has 128 valence electrons. The Kier molecular flexibility index (Phi) is 7.46. The van der Waals surface area contributed by atoms with E-state index in [-0.39, 0.29) is 6.10 Å². The van der Waals surface area contributed by atoms with Crippen molar-refractivity contribution in [1.82, 2.24) is 15.1 Å². The molecule has 5 nitrogen and oxygen atoms in total. The summed E-state index contributed by atoms with van der Waals surface area (Å²) in [6.45, 7) is 11.6. The first-order chi connectivity index (χ1) is 10.7. The van der Waals surface area contributed by atoms with Gasteiger partial charge in [-0.2, -0.15) is 0 Å². The second kappa shape index (κ2) is 9.36. The summed E-state index contributed by atoms with van der Waals surface area (Å²) in [5.41, 5.74) is 0. The van der Waals surface area contributed by atoms with Crippen LogP contribution in [0.3, 0.4) is 0 Å². The molecule has 1 atom stereocenters. The molecule has 0 spiro atoms. The van der Waals surface area contributed by atoms with E-state index in [9.17, 15) is 5.11 Å². The fourth-order valence-corrected chi connectivity index (χ4v) is 3.28. The molecule has 2 fully saturated rings. The number of nitrogens with zero attached hydrogens (tertiary/aromatic N) is 3. The van der Waals surface area contributed by atoms with Crippen molar-refractivity contribution in [3.63, 3.8) is 0 Å². The summed E-state index contributed by atoms with van der Waals surface area (Å²) in [6.07, 6.45) is 5.78. The number of aliphatic imine (C=N–C) groups is 1. The average molecular weight is 310 g/mol. The Bertz CT molecular complexity index is 340. The zero-order chi connectivity index (χ0) is 15.8. The van der Waals surface area contributed by atoms with Crippen molar-refractivity contribution in [2.24, 2.45) is 10.9 Å². The van der Waals surface area contributed by atoms with Crippen LogP contribution in [0.2, 0.25) is 0 Å². The Balaban J connectivity index is 1.64. The van der Waals surface area contributed by atoms with Crippen LogP contribution in [-0.2, 0) is 0 Å². The fraction of sp³-hybridized carbons (Fsp3) is 0.941. The molecule has 2 aliphatic heterocycles. The summed E-state index contributed by atoms with van der Waals surface area (Å²) >= 11 is 0. The van der Waals surface area contributed by atoms with E-state index in [1.165, 1.54) is 38.9 Å². The van der Waals surface area contributed by atoms with Crippen molar-refractivity contribution in [2.75, 3.05) is 45.8 Å². The van der Waals surface area contributed by atoms with Gasteiger partial charge in [-0.3, -0.25) is 4.99 Å². The molecule has 0 amide bonds. The van der Waals surface area contributed by atoms with Crippen LogP contribution >= 0.6 is 0 Å². The summed E-state index contributed by atoms with van der Waals surface area (Å²) in [5, 5.41) is 13.0. The second-order valence-electron chi connectivity index (χ2n) is 6.86. The highest BCUT2D eigenvalue weighted by Crippen LogP contribution is 2.16. The number of guanidine groups is 1. The molecule has 2 saturated heterocycles. The highest BCUT2D eigenvalue weighted by molar-refractivity contribution is 5.80. The van der Waals surface area contributed by atoms with E-state index in [0.717, 1.165) is 50.9 Å². The molecule has 0 aliphatic carbocycles. The maximum absolute atomic E-state index is 9.66. The molecule has 0 aromatic rings. The van der Waals surface area contributed by atoms with Gasteiger partial charge in [-0.1, -0.05) is 6.92 Å². The number of unbranched alkanes of at least 4 members (excludes halogenated alkanes) is 1. The van der Waals surface area contributed by atoms with Gasteiger partial charge in [0, 0.05) is 26.2 Å². The fourth-order valence-electron chi connectivity index (χ4n) is 3.28. The molecule has 0 radical (unpaired) electrons. The third kappa shape index (κ3) is 5.76. The zero-order valence-corrected chi connectivity index (χ0v) is 14.4. The van der Waals surface area contributed by atoms with E-state index in [4.69, 9.17) is 4.99 Å². The molecular formula is C17H34N4O. The Hall–Kier alpha value is -0.810. The molecular weight excluding hydrogens is 276 g/mol. The average Bonchev–Trinajstić information content (AvgIpc) is 2.94. The van der Waals surface area contributed by atoms with Gasteiger partial charge in [-0.25, -0.2) is 0 Å². The quantitative estimate of drug-likeness (QED) is 0.444. The Morgan fingerprint density at radius 1 is 1.18 bits per heavy atom. The molecule has 0 aromatic carbocycles. The minimum Gasteiger partial charge on any atom is -0.391 e. The van der Waals surface area contributed by atoms with Crippen molar-refractivity contribution < 1.29 is 5.11 Å². The molecule has 0 saturated carbocycles. The Labute approximate surface area is 135 Å². The number of rotatable bonds is 6. The SMILES string of the molecule is CCNC(=NCCCCN1CCC(C)CC1)N1CC[C@@H](O)C1. The molecule has 0 unspecified atom stereocenters. The van der Waals surface area contributed by atoms with E-state index >= 15 is 0 Å². The van der Waals surface area contributed by atoms with Crippen molar-refractivity contribution >= 4 is 5.96 Å². The highest BCUT2D eigenvalue weighted by atomic mass is 16.3. The van der Waals surface area contributed by atoms with Crippen LogP contribution < -0.4 is 5.32 Å². The minimum atomic E-state index is -0.189. The number of piperidine rings is 1. The Morgan fingerprint density at radius 3 is 2.59 bits per heavy atom. The van der Waals surface area contributed by atoms with Crippen LogP contribution in [0.5, 0.6) is 0 Å². The van der Waals surface area contributed by atoms with Crippen LogP contribution in [0, 0.1) is 5.92 Å². The molecule has 5 heteroatoms. The summed E-state index contributed by atoms with van der Waals surface area (Å²) in [4.78, 5) is 9.51. The zero-order valence-electron chi connectivity index (χ0n) is 14.4. The first kappa shape index (κ1) is 17.5. The monoisotopic (exact) mass is 310 g/mol. The number of β-amino-alcohol motifs (C(OH)–C–C–N with tert-alkyl or cyclic N) is 1. The largest absolute Gasteiger partial charge is 0.391 e. The van der Waals surface area contributed by atoms with Gasteiger partial charge in [-0.05, 0) is 64.6 Å². The summed E-state index contributed by atoms with van der Waals surface area (Å²) in [6, 6.07) is 0. The van der Waals surface area contributed by atoms with E-state index < -0.39 is 0 Å². The van der Waals surface area contributed by atoms with Gasteiger partial charge in [0.25, 0.3) is 0 Å². The smallest absolute Gasteiger partial charge is 0.194 e. The first-order valence-corrected chi connectivity index (χ1v) is 9.12. The lowest BCUT2D eigenvalue weighted by Crippen LogP contribution is -2.40. The lowest BCUT2D eigenvalue weighted by molar-refractivity contribution is 0.187. The number of hydrogen-bond acceptors (Lipinski definition) is 3. The number of aliphatic hydroxyl groups excluding tert-OH is 1. The number of hydrogen-bond donors (Lipinski definition) is 2. The normalized spacial score (nSPS) is 25.0. The van der Waals surface area contributed by atoms with Gasteiger partial charge in [0.1, 0.15) is 0 Å². The van der Waals surface area contributed by atoms with Crippen LogP contribution in [0.15, 0.2) is 4.99 Å². The molecule has 2 aliphatic rings. The van der Waals surface area contributed by atoms with Gasteiger partial charge in [0.15, 0.2) is 5.96 Å². The standard InChI is InChI=1S/C17H34N4O/c1-3-18-17(21-13-8-16(22)14-21)19-9-4-5-10-20-11-6-15(2)7-12-20/h15-16,22H,3-14H2,1-2H3,(H,18,19)/t16-/m1/s1. The minimum absolute atomic E-state index is 0.189. The molecule has 0 aromatic heterocycles. The maximum Gasteiger partial charge on any atom is 0.194 e. The van der Waals surface area contributed by atoms with Gasteiger partial charge >= 0.3 is 0 Å². The molecule has 0 bridgehead atoms. The number of nitrogens with one attached hydrogen (secondary N) is 1. The first-order valence-electron chi connectivity index (χ1n) is 9.12. The van der Waals surface area contributed by atoms with E-state index in [1.807, 2.05) is 0 Å². The third-order valence-corrected chi connectivity index (χ3v) is 4.82. The van der Waals surface area contributed by atoms with Crippen molar-refractivity contribution in [3.05, 3.63) is 0 Å². The van der Waals surface area contributed by atoms with Gasteiger partial charge in [0.05, 0.1) is 6.10 Å². The lowest BCUT2D eigenvalue weighted by atomic mass is 9.99. The predicted molar refractivity (Wildman–Crippen MR) is 92.2 cm³/mol. The van der Waals surface area contributed by atoms with E-state index in [1.54, 1.807) is 0 Å². The highest BCUT2D eigenvalue weighted by Gasteiger charge is 2.22. The maximum atomic E-state index is 9.66. The van der Waals surface area contributed by atoms with Gasteiger partial charge < -0.3 is 20.2 Å². The van der Waals surface area contributed by atoms with Gasteiger partial charge in [0.2, 0.25) is 0 Å². The summed E-state index contributed by atoms with van der Waals surface area (Å²) < 4.78 is 0. The summed E-state index contributed by atoms with van der Waals surface area (Å²) in [7, 11) is 0. The van der Waals surface area contributed by atoms with Crippen molar-refractivity contribution in [1.29, 1.82) is 0 Å². The lowest BCUT2D eigenvalue weighted by Gasteiger charge is -2.30. The van der Waals surface area contributed by atoms with Gasteiger partial charge in [-0.15, -0.1) is 0 Å². The molecule has 2 rings (SSSR count). The van der Waals surface area contributed by atoms with Crippen LogP contribution in [0.25, 0.3) is 0 Å². The van der Waals surface area contributed by atoms with Crippen LogP contribution in [0.4, 0.5) is 0 Å².